The Morgan fingerprint density at radius 1 is 1.43 bits per heavy atom. The second kappa shape index (κ2) is 4.81. The number of primary amides is 1. The number of hydrogen-bond donors (Lipinski definition) is 1. The second-order valence-corrected chi connectivity index (χ2v) is 3.03. The molecule has 1 aromatic rings. The number of hydrogen-bond acceptors (Lipinski definition) is 1. The fourth-order valence-electron chi connectivity index (χ4n) is 1.07. The summed E-state index contributed by atoms with van der Waals surface area (Å²) in [6, 6.07) is 4.88. The van der Waals surface area contributed by atoms with E-state index in [-0.39, 0.29) is 11.7 Å². The van der Waals surface area contributed by atoms with Crippen molar-refractivity contribution in [1.82, 2.24) is 0 Å². The first-order valence-electron chi connectivity index (χ1n) is 4.03. The van der Waals surface area contributed by atoms with E-state index in [0.29, 0.717) is 12.2 Å². The van der Waals surface area contributed by atoms with Crippen LogP contribution in [0.4, 0.5) is 14.9 Å². The third-order valence-electron chi connectivity index (χ3n) is 1.71. The molecule has 0 saturated heterocycles. The summed E-state index contributed by atoms with van der Waals surface area (Å²) in [7, 11) is 0. The van der Waals surface area contributed by atoms with Gasteiger partial charge < -0.3 is 5.73 Å². The third kappa shape index (κ3) is 2.60. The lowest BCUT2D eigenvalue weighted by atomic mass is 10.3. The van der Waals surface area contributed by atoms with Crippen molar-refractivity contribution in [1.29, 1.82) is 0 Å². The van der Waals surface area contributed by atoms with Gasteiger partial charge in [-0.1, -0.05) is 0 Å². The molecule has 0 fully saturated rings. The van der Waals surface area contributed by atoms with Gasteiger partial charge in [0, 0.05) is 18.1 Å². The van der Waals surface area contributed by atoms with Gasteiger partial charge in [-0.15, -0.1) is 11.6 Å². The summed E-state index contributed by atoms with van der Waals surface area (Å²) in [6.07, 6.45) is 0. The fourth-order valence-corrected chi connectivity index (χ4v) is 1.24. The molecule has 0 bridgehead atoms. The van der Waals surface area contributed by atoms with Gasteiger partial charge in [0.05, 0.1) is 0 Å². The fraction of sp³-hybridized carbons (Fsp3) is 0.222. The van der Waals surface area contributed by atoms with Crippen LogP contribution < -0.4 is 10.6 Å². The Hall–Kier alpha value is -1.29. The second-order valence-electron chi connectivity index (χ2n) is 2.66. The van der Waals surface area contributed by atoms with E-state index in [2.05, 4.69) is 0 Å². The maximum absolute atomic E-state index is 12.6. The monoisotopic (exact) mass is 216 g/mol. The number of carbonyl (C=O) groups is 1. The van der Waals surface area contributed by atoms with E-state index >= 15 is 0 Å². The molecule has 0 aliphatic rings. The van der Waals surface area contributed by atoms with Crippen LogP contribution in [0.5, 0.6) is 0 Å². The van der Waals surface area contributed by atoms with Gasteiger partial charge in [0.2, 0.25) is 0 Å². The van der Waals surface area contributed by atoms with E-state index in [1.807, 2.05) is 0 Å². The number of nitrogens with zero attached hydrogens (tertiary/aromatic N) is 1. The Morgan fingerprint density at radius 3 is 2.43 bits per heavy atom. The average molecular weight is 217 g/mol. The minimum atomic E-state index is -0.600. The molecular formula is C9H10ClFN2O. The van der Waals surface area contributed by atoms with Gasteiger partial charge in [0.25, 0.3) is 0 Å². The molecule has 76 valence electrons. The maximum atomic E-state index is 12.6. The standard InChI is InChI=1S/C9H10ClFN2O/c10-5-6-13(9(12)14)8-3-1-7(11)2-4-8/h1-4H,5-6H2,(H2,12,14). The number of amides is 2. The molecule has 0 aromatic heterocycles. The van der Waals surface area contributed by atoms with Crippen LogP contribution in [0, 0.1) is 5.82 Å². The molecule has 0 spiro atoms. The summed E-state index contributed by atoms with van der Waals surface area (Å²) >= 11 is 5.50. The van der Waals surface area contributed by atoms with Crippen molar-refractivity contribution in [3.8, 4) is 0 Å². The van der Waals surface area contributed by atoms with Crippen molar-refractivity contribution in [2.45, 2.75) is 0 Å². The predicted octanol–water partition coefficient (Wildman–Crippen LogP) is 1.95. The maximum Gasteiger partial charge on any atom is 0.319 e. The van der Waals surface area contributed by atoms with Crippen LogP contribution in [0.2, 0.25) is 0 Å². The van der Waals surface area contributed by atoms with E-state index in [4.69, 9.17) is 17.3 Å². The Morgan fingerprint density at radius 2 is 2.00 bits per heavy atom. The quantitative estimate of drug-likeness (QED) is 0.772. The lowest BCUT2D eigenvalue weighted by Gasteiger charge is -2.18. The third-order valence-corrected chi connectivity index (χ3v) is 1.88. The largest absolute Gasteiger partial charge is 0.351 e. The number of nitrogens with two attached hydrogens (primary N) is 1. The Balaban J connectivity index is 2.87. The van der Waals surface area contributed by atoms with Gasteiger partial charge in [-0.2, -0.15) is 0 Å². The molecule has 0 aliphatic heterocycles. The van der Waals surface area contributed by atoms with Crippen LogP contribution in [0.3, 0.4) is 0 Å². The first-order valence-corrected chi connectivity index (χ1v) is 4.57. The van der Waals surface area contributed by atoms with Crippen LogP contribution in [-0.2, 0) is 0 Å². The molecule has 1 aromatic carbocycles. The molecule has 1 rings (SSSR count). The summed E-state index contributed by atoms with van der Waals surface area (Å²) < 4.78 is 12.6. The SMILES string of the molecule is NC(=O)N(CCCl)c1ccc(F)cc1. The summed E-state index contributed by atoms with van der Waals surface area (Å²) in [5.74, 6) is -0.0793. The molecular weight excluding hydrogens is 207 g/mol. The molecule has 2 amide bonds. The minimum Gasteiger partial charge on any atom is -0.351 e. The van der Waals surface area contributed by atoms with Crippen molar-refractivity contribution in [3.05, 3.63) is 30.1 Å². The van der Waals surface area contributed by atoms with Gasteiger partial charge in [-0.05, 0) is 24.3 Å². The molecule has 3 nitrogen and oxygen atoms in total. The minimum absolute atomic E-state index is 0.278. The number of alkyl halides is 1. The molecule has 0 unspecified atom stereocenters. The van der Waals surface area contributed by atoms with Crippen LogP contribution in [-0.4, -0.2) is 18.5 Å². The van der Waals surface area contributed by atoms with Crippen LogP contribution >= 0.6 is 11.6 Å². The van der Waals surface area contributed by atoms with E-state index in [1.54, 1.807) is 0 Å². The highest BCUT2D eigenvalue weighted by Gasteiger charge is 2.10. The lowest BCUT2D eigenvalue weighted by Crippen LogP contribution is -2.37. The number of carbonyl (C=O) groups excluding carboxylic acids is 1. The van der Waals surface area contributed by atoms with E-state index in [1.165, 1.54) is 29.2 Å². The Labute approximate surface area is 86.3 Å². The average Bonchev–Trinajstić information content (AvgIpc) is 2.15. The predicted molar refractivity (Wildman–Crippen MR) is 54.0 cm³/mol. The summed E-state index contributed by atoms with van der Waals surface area (Å²) in [4.78, 5) is 12.3. The highest BCUT2D eigenvalue weighted by atomic mass is 35.5. The molecule has 0 heterocycles. The van der Waals surface area contributed by atoms with Gasteiger partial charge in [-0.3, -0.25) is 4.90 Å². The molecule has 0 radical (unpaired) electrons. The van der Waals surface area contributed by atoms with Gasteiger partial charge in [0.1, 0.15) is 5.82 Å². The molecule has 2 N–H and O–H groups in total. The number of halogens is 2. The molecule has 0 aliphatic carbocycles. The number of anilines is 1. The van der Waals surface area contributed by atoms with E-state index in [0.717, 1.165) is 0 Å². The van der Waals surface area contributed by atoms with E-state index in [9.17, 15) is 9.18 Å². The van der Waals surface area contributed by atoms with Crippen molar-refractivity contribution in [3.63, 3.8) is 0 Å². The highest BCUT2D eigenvalue weighted by molar-refractivity contribution is 6.18. The number of urea groups is 1. The van der Waals surface area contributed by atoms with Gasteiger partial charge in [0.15, 0.2) is 0 Å². The first kappa shape index (κ1) is 10.8. The van der Waals surface area contributed by atoms with Crippen LogP contribution in [0.15, 0.2) is 24.3 Å². The summed E-state index contributed by atoms with van der Waals surface area (Å²) in [5.41, 5.74) is 5.67. The zero-order valence-electron chi connectivity index (χ0n) is 7.41. The topological polar surface area (TPSA) is 46.3 Å². The molecule has 0 atom stereocenters. The lowest BCUT2D eigenvalue weighted by molar-refractivity contribution is 0.254. The van der Waals surface area contributed by atoms with Gasteiger partial charge in [-0.25, -0.2) is 9.18 Å². The summed E-state index contributed by atoms with van der Waals surface area (Å²) in [5, 5.41) is 0. The van der Waals surface area contributed by atoms with Crippen LogP contribution in [0.1, 0.15) is 0 Å². The zero-order valence-corrected chi connectivity index (χ0v) is 8.17. The normalized spacial score (nSPS) is 9.86. The molecule has 14 heavy (non-hydrogen) atoms. The smallest absolute Gasteiger partial charge is 0.319 e. The molecule has 0 saturated carbocycles. The Bertz CT molecular complexity index is 315. The molecule has 5 heteroatoms. The van der Waals surface area contributed by atoms with Crippen molar-refractivity contribution in [2.24, 2.45) is 5.73 Å². The number of benzene rings is 1. The van der Waals surface area contributed by atoms with Crippen molar-refractivity contribution >= 4 is 23.3 Å². The van der Waals surface area contributed by atoms with E-state index < -0.39 is 6.03 Å². The zero-order chi connectivity index (χ0) is 10.6. The highest BCUT2D eigenvalue weighted by Crippen LogP contribution is 2.14. The first-order chi connectivity index (χ1) is 6.65. The van der Waals surface area contributed by atoms with Crippen molar-refractivity contribution < 1.29 is 9.18 Å². The Kier molecular flexibility index (Phi) is 3.71. The van der Waals surface area contributed by atoms with Crippen LogP contribution in [0.25, 0.3) is 0 Å². The van der Waals surface area contributed by atoms with Crippen molar-refractivity contribution in [2.75, 3.05) is 17.3 Å². The number of rotatable bonds is 3. The summed E-state index contributed by atoms with van der Waals surface area (Å²) in [6.45, 7) is 0.308. The van der Waals surface area contributed by atoms with Gasteiger partial charge >= 0.3 is 6.03 Å².